The Morgan fingerprint density at radius 1 is 0.886 bits per heavy atom. The van der Waals surface area contributed by atoms with Crippen molar-refractivity contribution in [1.82, 2.24) is 0 Å². The second-order valence-electron chi connectivity index (χ2n) is 8.36. The number of benzene rings is 3. The molecule has 3 aromatic rings. The van der Waals surface area contributed by atoms with Gasteiger partial charge in [0.05, 0.1) is 39.7 Å². The van der Waals surface area contributed by atoms with Gasteiger partial charge in [-0.1, -0.05) is 18.2 Å². The molecule has 0 saturated carbocycles. The molecule has 1 aliphatic rings. The summed E-state index contributed by atoms with van der Waals surface area (Å²) in [6, 6.07) is 11.5. The number of carbonyl (C=O) groups excluding carboxylic acids is 1. The summed E-state index contributed by atoms with van der Waals surface area (Å²) in [5, 5.41) is 1.92. The maximum atomic E-state index is 13.8. The van der Waals surface area contributed by atoms with Crippen molar-refractivity contribution in [3.05, 3.63) is 58.1 Å². The summed E-state index contributed by atoms with van der Waals surface area (Å²) in [6.07, 6.45) is 6.63. The number of ether oxygens (including phenoxy) is 4. The van der Waals surface area contributed by atoms with Crippen molar-refractivity contribution in [2.45, 2.75) is 25.7 Å². The molecular formula is C28H30BrNO5. The number of halogens is 1. The van der Waals surface area contributed by atoms with Gasteiger partial charge in [0, 0.05) is 22.5 Å². The molecule has 1 amide bonds. The lowest BCUT2D eigenvalue weighted by Crippen LogP contribution is -2.27. The molecular weight excluding hydrogens is 510 g/mol. The Morgan fingerprint density at radius 2 is 1.63 bits per heavy atom. The van der Waals surface area contributed by atoms with Crippen LogP contribution in [0, 0.1) is 0 Å². The van der Waals surface area contributed by atoms with Crippen LogP contribution in [0.1, 0.15) is 41.6 Å². The number of hydrogen-bond donors (Lipinski definition) is 0. The predicted octanol–water partition coefficient (Wildman–Crippen LogP) is 6.87. The first-order chi connectivity index (χ1) is 17.0. The summed E-state index contributed by atoms with van der Waals surface area (Å²) in [6.45, 7) is 0. The first-order valence-electron chi connectivity index (χ1n) is 11.5. The maximum Gasteiger partial charge on any atom is 0.263 e. The number of fused-ring (bicyclic) bond motifs is 1. The second kappa shape index (κ2) is 10.6. The third kappa shape index (κ3) is 4.45. The molecule has 35 heavy (non-hydrogen) atoms. The molecule has 1 aliphatic carbocycles. The van der Waals surface area contributed by atoms with Gasteiger partial charge in [-0.25, -0.2) is 0 Å². The number of nitrogens with zero attached hydrogens (tertiary/aromatic N) is 1. The highest BCUT2D eigenvalue weighted by Crippen LogP contribution is 2.46. The van der Waals surface area contributed by atoms with Gasteiger partial charge in [0.1, 0.15) is 0 Å². The van der Waals surface area contributed by atoms with Crippen molar-refractivity contribution in [2.75, 3.05) is 40.4 Å². The largest absolute Gasteiger partial charge is 0.493 e. The van der Waals surface area contributed by atoms with Gasteiger partial charge in [-0.05, 0) is 76.8 Å². The molecule has 7 heteroatoms. The summed E-state index contributed by atoms with van der Waals surface area (Å²) in [4.78, 5) is 15.4. The minimum atomic E-state index is -0.228. The Bertz CT molecular complexity index is 1300. The topological polar surface area (TPSA) is 57.2 Å². The summed E-state index contributed by atoms with van der Waals surface area (Å²) >= 11 is 3.52. The average molecular weight is 540 g/mol. The molecule has 0 saturated heterocycles. The Balaban J connectivity index is 1.93. The zero-order chi connectivity index (χ0) is 25.1. The highest BCUT2D eigenvalue weighted by atomic mass is 79.9. The first kappa shape index (κ1) is 24.9. The summed E-state index contributed by atoms with van der Waals surface area (Å²) in [7, 11) is 8.15. The Hall–Kier alpha value is -3.19. The van der Waals surface area contributed by atoms with Crippen LogP contribution >= 0.6 is 15.9 Å². The molecule has 0 aliphatic heterocycles. The highest BCUT2D eigenvalue weighted by molar-refractivity contribution is 9.10. The molecule has 4 rings (SSSR count). The van der Waals surface area contributed by atoms with Crippen LogP contribution in [0.4, 0.5) is 5.69 Å². The van der Waals surface area contributed by atoms with Crippen molar-refractivity contribution in [2.24, 2.45) is 0 Å². The van der Waals surface area contributed by atoms with E-state index in [0.717, 1.165) is 47.0 Å². The Labute approximate surface area is 214 Å². The molecule has 0 N–H and O–H groups in total. The molecule has 0 bridgehead atoms. The predicted molar refractivity (Wildman–Crippen MR) is 143 cm³/mol. The van der Waals surface area contributed by atoms with E-state index >= 15 is 0 Å². The van der Waals surface area contributed by atoms with E-state index in [9.17, 15) is 4.79 Å². The quantitative estimate of drug-likeness (QED) is 0.327. The Morgan fingerprint density at radius 3 is 2.26 bits per heavy atom. The second-order valence-corrected chi connectivity index (χ2v) is 9.21. The van der Waals surface area contributed by atoms with Crippen LogP contribution < -0.4 is 23.8 Å². The fourth-order valence-corrected chi connectivity index (χ4v) is 5.26. The molecule has 0 aromatic heterocycles. The van der Waals surface area contributed by atoms with E-state index in [2.05, 4.69) is 28.1 Å². The van der Waals surface area contributed by atoms with Gasteiger partial charge in [-0.3, -0.25) is 4.79 Å². The van der Waals surface area contributed by atoms with Gasteiger partial charge in [-0.2, -0.15) is 0 Å². The SMILES string of the molecule is COc1ccc(Br)c(C(=O)N(C)c2cccc3c(C4=CCCCC4)c(OC)c(OC)cc23)c1OC. The smallest absolute Gasteiger partial charge is 0.263 e. The minimum Gasteiger partial charge on any atom is -0.493 e. The average Bonchev–Trinajstić information content (AvgIpc) is 2.90. The lowest BCUT2D eigenvalue weighted by atomic mass is 9.89. The number of anilines is 1. The molecule has 0 unspecified atom stereocenters. The standard InChI is InChI=1S/C28H30BrNO5/c1-30(28(31)25-20(29)14-15-22(32-2)26(25)34-4)21-13-9-12-18-19(21)16-23(33-3)27(35-5)24(18)17-10-7-6-8-11-17/h9-10,12-16H,6-8,11H2,1-5H3. The van der Waals surface area contributed by atoms with E-state index < -0.39 is 0 Å². The van der Waals surface area contributed by atoms with E-state index in [1.54, 1.807) is 45.4 Å². The maximum absolute atomic E-state index is 13.8. The van der Waals surface area contributed by atoms with Crippen molar-refractivity contribution in [3.63, 3.8) is 0 Å². The fraction of sp³-hybridized carbons (Fsp3) is 0.321. The van der Waals surface area contributed by atoms with Gasteiger partial charge in [-0.15, -0.1) is 0 Å². The van der Waals surface area contributed by atoms with Crippen LogP contribution in [-0.4, -0.2) is 41.4 Å². The van der Waals surface area contributed by atoms with Crippen LogP contribution in [0.2, 0.25) is 0 Å². The van der Waals surface area contributed by atoms with E-state index in [4.69, 9.17) is 18.9 Å². The van der Waals surface area contributed by atoms with Gasteiger partial charge >= 0.3 is 0 Å². The molecule has 0 radical (unpaired) electrons. The Kier molecular flexibility index (Phi) is 7.55. The first-order valence-corrected chi connectivity index (χ1v) is 12.3. The van der Waals surface area contributed by atoms with Crippen molar-refractivity contribution < 1.29 is 23.7 Å². The van der Waals surface area contributed by atoms with E-state index in [0.29, 0.717) is 27.3 Å². The number of hydrogen-bond acceptors (Lipinski definition) is 5. The van der Waals surface area contributed by atoms with E-state index in [1.807, 2.05) is 18.2 Å². The molecule has 3 aromatic carbocycles. The lowest BCUT2D eigenvalue weighted by molar-refractivity contribution is 0.0989. The van der Waals surface area contributed by atoms with Crippen molar-refractivity contribution >= 4 is 43.9 Å². The van der Waals surface area contributed by atoms with E-state index in [1.165, 1.54) is 19.1 Å². The third-order valence-electron chi connectivity index (χ3n) is 6.49. The molecule has 6 nitrogen and oxygen atoms in total. The zero-order valence-electron chi connectivity index (χ0n) is 20.7. The van der Waals surface area contributed by atoms with Crippen LogP contribution in [0.15, 0.2) is 46.9 Å². The van der Waals surface area contributed by atoms with Gasteiger partial charge in [0.15, 0.2) is 23.0 Å². The monoisotopic (exact) mass is 539 g/mol. The van der Waals surface area contributed by atoms with Crippen LogP contribution in [0.3, 0.4) is 0 Å². The number of rotatable bonds is 7. The van der Waals surface area contributed by atoms with Crippen LogP contribution in [-0.2, 0) is 0 Å². The molecule has 184 valence electrons. The summed E-state index contributed by atoms with van der Waals surface area (Å²) in [5.74, 6) is 1.99. The van der Waals surface area contributed by atoms with Crippen molar-refractivity contribution in [1.29, 1.82) is 0 Å². The number of carbonyl (C=O) groups is 1. The van der Waals surface area contributed by atoms with Crippen LogP contribution in [0.5, 0.6) is 23.0 Å². The van der Waals surface area contributed by atoms with Gasteiger partial charge in [0.2, 0.25) is 0 Å². The highest BCUT2D eigenvalue weighted by Gasteiger charge is 2.27. The van der Waals surface area contributed by atoms with E-state index in [-0.39, 0.29) is 5.91 Å². The zero-order valence-corrected chi connectivity index (χ0v) is 22.3. The molecule has 0 heterocycles. The van der Waals surface area contributed by atoms with Gasteiger partial charge in [0.25, 0.3) is 5.91 Å². The van der Waals surface area contributed by atoms with Gasteiger partial charge < -0.3 is 23.8 Å². The lowest BCUT2D eigenvalue weighted by Gasteiger charge is -2.25. The van der Waals surface area contributed by atoms with Crippen LogP contribution in [0.25, 0.3) is 16.3 Å². The number of methoxy groups -OCH3 is 4. The third-order valence-corrected chi connectivity index (χ3v) is 7.15. The number of allylic oxidation sites excluding steroid dienone is 2. The molecule has 0 atom stereocenters. The van der Waals surface area contributed by atoms with Crippen molar-refractivity contribution in [3.8, 4) is 23.0 Å². The summed E-state index contributed by atoms with van der Waals surface area (Å²) in [5.41, 5.74) is 3.43. The molecule has 0 fully saturated rings. The summed E-state index contributed by atoms with van der Waals surface area (Å²) < 4.78 is 23.2. The normalized spacial score (nSPS) is 13.3. The minimum absolute atomic E-state index is 0.228. The molecule has 0 spiro atoms. The fourth-order valence-electron chi connectivity index (χ4n) is 4.77. The number of amides is 1.